The Hall–Kier alpha value is -4.28. The Kier molecular flexibility index (Phi) is 7.24. The van der Waals surface area contributed by atoms with E-state index in [0.29, 0.717) is 22.7 Å². The van der Waals surface area contributed by atoms with Crippen LogP contribution in [0.15, 0.2) is 42.9 Å². The number of halogens is 1. The van der Waals surface area contributed by atoms with E-state index >= 15 is 0 Å². The maximum atomic E-state index is 13.3. The van der Waals surface area contributed by atoms with Crippen LogP contribution in [0.3, 0.4) is 0 Å². The summed E-state index contributed by atoms with van der Waals surface area (Å²) in [6.45, 7) is 5.56. The number of nitrogens with one attached hydrogen (secondary N) is 4. The number of pyridine rings is 1. The van der Waals surface area contributed by atoms with Crippen molar-refractivity contribution in [3.05, 3.63) is 54.2 Å². The first-order chi connectivity index (χ1) is 16.1. The number of methoxy groups -OCH3 is 1. The molecule has 11 heteroatoms. The minimum absolute atomic E-state index is 0.230. The lowest BCUT2D eigenvalue weighted by molar-refractivity contribution is 0.0963. The fraction of sp³-hybridized carbons (Fsp3) is 0.261. The molecule has 178 valence electrons. The summed E-state index contributed by atoms with van der Waals surface area (Å²) in [5.41, 5.74) is 1.19. The zero-order chi connectivity index (χ0) is 24.9. The molecule has 3 aromatic rings. The molecule has 0 fully saturated rings. The quantitative estimate of drug-likeness (QED) is 0.435. The number of aromatic nitrogens is 3. The molecule has 2 aromatic heterocycles. The number of urea groups is 1. The van der Waals surface area contributed by atoms with Crippen molar-refractivity contribution in [2.75, 3.05) is 24.8 Å². The number of carbonyl (C=O) groups is 2. The number of amides is 3. The number of ether oxygens (including phenoxy) is 1. The lowest BCUT2D eigenvalue weighted by atomic mass is 10.1. The van der Waals surface area contributed by atoms with Gasteiger partial charge in [0, 0.05) is 24.8 Å². The second kappa shape index (κ2) is 10.1. The summed E-state index contributed by atoms with van der Waals surface area (Å²) in [6.07, 6.45) is 3.48. The average Bonchev–Trinajstić information content (AvgIpc) is 2.78. The van der Waals surface area contributed by atoms with Gasteiger partial charge in [0.15, 0.2) is 17.4 Å². The van der Waals surface area contributed by atoms with E-state index in [4.69, 9.17) is 4.74 Å². The highest BCUT2D eigenvalue weighted by Crippen LogP contribution is 2.37. The van der Waals surface area contributed by atoms with Crippen LogP contribution in [-0.4, -0.2) is 46.6 Å². The van der Waals surface area contributed by atoms with Crippen LogP contribution in [0.2, 0.25) is 0 Å². The Balaban J connectivity index is 2.00. The standard InChI is InChI=1S/C23H26FN7O3/c1-23(2,3)31-22(33)30-18-9-17(15(12-26-18)21(32)25-4)29-16-8-6-7-14(19(16)34-5)20-27-10-13(24)11-28-20/h6-12H,1-5H3,(H,25,32)(H3,26,29,30,31,33). The zero-order valence-electron chi connectivity index (χ0n) is 19.5. The third-order valence-electron chi connectivity index (χ3n) is 4.46. The van der Waals surface area contributed by atoms with E-state index in [1.54, 1.807) is 18.2 Å². The minimum Gasteiger partial charge on any atom is -0.494 e. The number of hydrogen-bond acceptors (Lipinski definition) is 7. The van der Waals surface area contributed by atoms with Crippen molar-refractivity contribution in [3.8, 4) is 17.1 Å². The van der Waals surface area contributed by atoms with E-state index in [0.717, 1.165) is 12.4 Å². The monoisotopic (exact) mass is 467 g/mol. The van der Waals surface area contributed by atoms with E-state index in [1.165, 1.54) is 26.4 Å². The molecular weight excluding hydrogens is 441 g/mol. The van der Waals surface area contributed by atoms with Crippen molar-refractivity contribution in [3.63, 3.8) is 0 Å². The average molecular weight is 468 g/mol. The molecular formula is C23H26FN7O3. The van der Waals surface area contributed by atoms with E-state index in [9.17, 15) is 14.0 Å². The van der Waals surface area contributed by atoms with Crippen molar-refractivity contribution >= 4 is 29.1 Å². The van der Waals surface area contributed by atoms with Crippen molar-refractivity contribution in [1.29, 1.82) is 0 Å². The molecule has 4 N–H and O–H groups in total. The Morgan fingerprint density at radius 3 is 2.35 bits per heavy atom. The molecule has 10 nitrogen and oxygen atoms in total. The van der Waals surface area contributed by atoms with Crippen LogP contribution in [-0.2, 0) is 0 Å². The summed E-state index contributed by atoms with van der Waals surface area (Å²) in [5.74, 6) is -0.0516. The molecule has 3 amide bonds. The summed E-state index contributed by atoms with van der Waals surface area (Å²) < 4.78 is 18.9. The van der Waals surface area contributed by atoms with E-state index in [1.807, 2.05) is 20.8 Å². The van der Waals surface area contributed by atoms with Gasteiger partial charge >= 0.3 is 6.03 Å². The third-order valence-corrected chi connectivity index (χ3v) is 4.46. The lowest BCUT2D eigenvalue weighted by Crippen LogP contribution is -2.43. The minimum atomic E-state index is -0.556. The first kappa shape index (κ1) is 24.4. The topological polar surface area (TPSA) is 130 Å². The van der Waals surface area contributed by atoms with Gasteiger partial charge in [-0.2, -0.15) is 0 Å². The van der Waals surface area contributed by atoms with Crippen LogP contribution >= 0.6 is 0 Å². The van der Waals surface area contributed by atoms with Crippen LogP contribution < -0.4 is 26.0 Å². The molecule has 0 bridgehead atoms. The second-order valence-corrected chi connectivity index (χ2v) is 8.26. The van der Waals surface area contributed by atoms with Crippen LogP contribution in [0.5, 0.6) is 5.75 Å². The number of para-hydroxylation sites is 1. The van der Waals surface area contributed by atoms with Crippen molar-refractivity contribution < 1.29 is 18.7 Å². The molecule has 0 atom stereocenters. The van der Waals surface area contributed by atoms with Gasteiger partial charge in [-0.25, -0.2) is 24.1 Å². The molecule has 0 radical (unpaired) electrons. The van der Waals surface area contributed by atoms with E-state index in [2.05, 4.69) is 36.2 Å². The van der Waals surface area contributed by atoms with Crippen LogP contribution in [0.1, 0.15) is 31.1 Å². The molecule has 34 heavy (non-hydrogen) atoms. The van der Waals surface area contributed by atoms with Crippen molar-refractivity contribution in [1.82, 2.24) is 25.6 Å². The maximum Gasteiger partial charge on any atom is 0.320 e. The number of hydrogen-bond donors (Lipinski definition) is 4. The Morgan fingerprint density at radius 2 is 1.74 bits per heavy atom. The van der Waals surface area contributed by atoms with Gasteiger partial charge in [-0.3, -0.25) is 10.1 Å². The highest BCUT2D eigenvalue weighted by Gasteiger charge is 2.19. The van der Waals surface area contributed by atoms with Crippen molar-refractivity contribution in [2.45, 2.75) is 26.3 Å². The van der Waals surface area contributed by atoms with Gasteiger partial charge < -0.3 is 20.7 Å². The highest BCUT2D eigenvalue weighted by molar-refractivity contribution is 6.01. The third kappa shape index (κ3) is 5.94. The Bertz CT molecular complexity index is 1190. The maximum absolute atomic E-state index is 13.3. The first-order valence-electron chi connectivity index (χ1n) is 10.3. The van der Waals surface area contributed by atoms with Crippen molar-refractivity contribution in [2.24, 2.45) is 0 Å². The number of anilines is 3. The summed E-state index contributed by atoms with van der Waals surface area (Å²) in [4.78, 5) is 36.9. The first-order valence-corrected chi connectivity index (χ1v) is 10.3. The fourth-order valence-electron chi connectivity index (χ4n) is 3.06. The van der Waals surface area contributed by atoms with Crippen LogP contribution in [0.4, 0.5) is 26.4 Å². The Labute approximate surface area is 196 Å². The molecule has 3 rings (SSSR count). The van der Waals surface area contributed by atoms with Gasteiger partial charge in [0.25, 0.3) is 5.91 Å². The molecule has 0 saturated carbocycles. The van der Waals surface area contributed by atoms with Gasteiger partial charge in [-0.05, 0) is 32.9 Å². The molecule has 0 aliphatic rings. The predicted molar refractivity (Wildman–Crippen MR) is 127 cm³/mol. The summed E-state index contributed by atoms with van der Waals surface area (Å²) in [5, 5.41) is 11.2. The fourth-order valence-corrected chi connectivity index (χ4v) is 3.06. The molecule has 0 unspecified atom stereocenters. The summed E-state index contributed by atoms with van der Waals surface area (Å²) in [6, 6.07) is 6.30. The molecule has 0 saturated heterocycles. The van der Waals surface area contributed by atoms with Gasteiger partial charge in [-0.1, -0.05) is 6.07 Å². The SMILES string of the molecule is CNC(=O)c1cnc(NC(=O)NC(C)(C)C)cc1Nc1cccc(-c2ncc(F)cn2)c1OC. The normalized spacial score (nSPS) is 10.9. The van der Waals surface area contributed by atoms with E-state index in [-0.39, 0.29) is 23.1 Å². The van der Waals surface area contributed by atoms with Gasteiger partial charge in [0.1, 0.15) is 5.82 Å². The zero-order valence-corrected chi connectivity index (χ0v) is 19.5. The van der Waals surface area contributed by atoms with Gasteiger partial charge in [0.2, 0.25) is 0 Å². The van der Waals surface area contributed by atoms with E-state index < -0.39 is 17.4 Å². The largest absolute Gasteiger partial charge is 0.494 e. The van der Waals surface area contributed by atoms with Gasteiger partial charge in [-0.15, -0.1) is 0 Å². The second-order valence-electron chi connectivity index (χ2n) is 8.26. The molecule has 0 spiro atoms. The number of benzene rings is 1. The summed E-state index contributed by atoms with van der Waals surface area (Å²) in [7, 11) is 2.98. The molecule has 1 aromatic carbocycles. The smallest absolute Gasteiger partial charge is 0.320 e. The predicted octanol–water partition coefficient (Wildman–Crippen LogP) is 3.71. The molecule has 0 aliphatic heterocycles. The van der Waals surface area contributed by atoms with Gasteiger partial charge in [0.05, 0.1) is 42.0 Å². The van der Waals surface area contributed by atoms with Crippen LogP contribution in [0.25, 0.3) is 11.4 Å². The number of carbonyl (C=O) groups excluding carboxylic acids is 2. The Morgan fingerprint density at radius 1 is 1.03 bits per heavy atom. The summed E-state index contributed by atoms with van der Waals surface area (Å²) >= 11 is 0. The number of rotatable bonds is 6. The molecule has 0 aliphatic carbocycles. The van der Waals surface area contributed by atoms with Crippen LogP contribution in [0, 0.1) is 5.82 Å². The molecule has 2 heterocycles. The highest BCUT2D eigenvalue weighted by atomic mass is 19.1. The number of nitrogens with zero attached hydrogens (tertiary/aromatic N) is 3. The lowest BCUT2D eigenvalue weighted by Gasteiger charge is -2.21.